The molecule has 5 rings (SSSR count). The van der Waals surface area contributed by atoms with Crippen molar-refractivity contribution in [2.24, 2.45) is 11.7 Å². The Hall–Kier alpha value is -2.87. The predicted molar refractivity (Wildman–Crippen MR) is 150 cm³/mol. The second kappa shape index (κ2) is 11.5. The van der Waals surface area contributed by atoms with Crippen LogP contribution in [0.1, 0.15) is 22.3 Å². The van der Waals surface area contributed by atoms with Crippen LogP contribution in [0.15, 0.2) is 114 Å². The maximum absolute atomic E-state index is 14.8. The van der Waals surface area contributed by atoms with Gasteiger partial charge in [0.05, 0.1) is 43.5 Å². The summed E-state index contributed by atoms with van der Waals surface area (Å²) in [5.74, 6) is -0.957. The van der Waals surface area contributed by atoms with Gasteiger partial charge in [-0.05, 0) is 34.9 Å². The second-order valence-electron chi connectivity index (χ2n) is 9.82. The molecule has 6 heteroatoms. The Morgan fingerprint density at radius 3 is 1.92 bits per heavy atom. The molecule has 0 saturated carbocycles. The van der Waals surface area contributed by atoms with Gasteiger partial charge in [-0.1, -0.05) is 107 Å². The van der Waals surface area contributed by atoms with E-state index < -0.39 is 28.8 Å². The number of hydrogen-bond acceptors (Lipinski definition) is 4. The minimum Gasteiger partial charge on any atom is -0.396 e. The van der Waals surface area contributed by atoms with E-state index in [4.69, 9.17) is 15.2 Å². The van der Waals surface area contributed by atoms with Crippen molar-refractivity contribution >= 4 is 15.9 Å². The molecule has 1 heterocycles. The first kappa shape index (κ1) is 26.7. The van der Waals surface area contributed by atoms with E-state index in [2.05, 4.69) is 52.3 Å². The van der Waals surface area contributed by atoms with E-state index in [1.807, 2.05) is 54.6 Å². The van der Waals surface area contributed by atoms with E-state index in [-0.39, 0.29) is 19.8 Å². The highest BCUT2D eigenvalue weighted by atomic mass is 79.9. The first-order valence-electron chi connectivity index (χ1n) is 12.7. The van der Waals surface area contributed by atoms with Crippen molar-refractivity contribution in [2.45, 2.75) is 17.1 Å². The van der Waals surface area contributed by atoms with E-state index in [1.54, 1.807) is 12.1 Å². The number of aliphatic hydroxyl groups is 1. The first-order valence-corrected chi connectivity index (χ1v) is 13.5. The van der Waals surface area contributed by atoms with Crippen LogP contribution in [0.2, 0.25) is 0 Å². The lowest BCUT2D eigenvalue weighted by Crippen LogP contribution is -2.48. The summed E-state index contributed by atoms with van der Waals surface area (Å²) in [6.07, 6.45) is -0.497. The van der Waals surface area contributed by atoms with Gasteiger partial charge >= 0.3 is 0 Å². The van der Waals surface area contributed by atoms with Crippen molar-refractivity contribution in [3.8, 4) is 0 Å². The molecule has 1 saturated heterocycles. The number of benzene rings is 4. The smallest absolute Gasteiger partial charge is 0.128 e. The molecular formula is C32H31BrFNO3. The van der Waals surface area contributed by atoms with E-state index in [9.17, 15) is 9.50 Å². The lowest BCUT2D eigenvalue weighted by Gasteiger charge is -2.36. The van der Waals surface area contributed by atoms with E-state index in [0.717, 1.165) is 16.7 Å². The van der Waals surface area contributed by atoms with Crippen LogP contribution in [-0.4, -0.2) is 37.6 Å². The van der Waals surface area contributed by atoms with Gasteiger partial charge in [0.1, 0.15) is 5.82 Å². The molecule has 0 amide bonds. The van der Waals surface area contributed by atoms with Gasteiger partial charge in [0.25, 0.3) is 0 Å². The predicted octanol–water partition coefficient (Wildman–Crippen LogP) is 5.80. The first-order chi connectivity index (χ1) is 18.5. The molecule has 1 fully saturated rings. The second-order valence-corrected chi connectivity index (χ2v) is 10.7. The third-order valence-corrected chi connectivity index (χ3v) is 8.17. The lowest BCUT2D eigenvalue weighted by atomic mass is 9.70. The van der Waals surface area contributed by atoms with Crippen molar-refractivity contribution < 1.29 is 19.0 Å². The van der Waals surface area contributed by atoms with Gasteiger partial charge in [-0.25, -0.2) is 4.39 Å². The Kier molecular flexibility index (Phi) is 8.07. The number of halogens is 2. The highest BCUT2D eigenvalue weighted by molar-refractivity contribution is 9.10. The maximum atomic E-state index is 14.8. The highest BCUT2D eigenvalue weighted by Crippen LogP contribution is 2.42. The maximum Gasteiger partial charge on any atom is 0.128 e. The minimum atomic E-state index is -1.17. The fourth-order valence-corrected chi connectivity index (χ4v) is 5.98. The van der Waals surface area contributed by atoms with Crippen molar-refractivity contribution in [1.82, 2.24) is 0 Å². The Balaban J connectivity index is 1.45. The van der Waals surface area contributed by atoms with Gasteiger partial charge < -0.3 is 20.3 Å². The molecule has 3 N–H and O–H groups in total. The van der Waals surface area contributed by atoms with Crippen LogP contribution in [0.3, 0.4) is 0 Å². The molecule has 0 unspecified atom stereocenters. The Morgan fingerprint density at radius 1 is 0.895 bits per heavy atom. The molecule has 196 valence electrons. The Labute approximate surface area is 231 Å². The number of rotatable bonds is 9. The minimum absolute atomic E-state index is 0.0842. The summed E-state index contributed by atoms with van der Waals surface area (Å²) < 4.78 is 28.0. The normalized spacial score (nSPS) is 21.5. The highest BCUT2D eigenvalue weighted by Gasteiger charge is 2.49. The summed E-state index contributed by atoms with van der Waals surface area (Å²) >= 11 is 3.40. The average Bonchev–Trinajstić information content (AvgIpc) is 3.29. The molecule has 4 aromatic carbocycles. The van der Waals surface area contributed by atoms with E-state index in [0.29, 0.717) is 16.6 Å². The third kappa shape index (κ3) is 4.95. The molecule has 38 heavy (non-hydrogen) atoms. The molecular weight excluding hydrogens is 545 g/mol. The van der Waals surface area contributed by atoms with Crippen molar-refractivity contribution in [3.63, 3.8) is 0 Å². The van der Waals surface area contributed by atoms with Crippen LogP contribution >= 0.6 is 15.9 Å². The zero-order valence-electron chi connectivity index (χ0n) is 21.0. The summed E-state index contributed by atoms with van der Waals surface area (Å²) in [4.78, 5) is 0. The number of nitrogens with two attached hydrogens (primary N) is 1. The molecule has 1 aliphatic heterocycles. The van der Waals surface area contributed by atoms with Gasteiger partial charge in [-0.2, -0.15) is 0 Å². The van der Waals surface area contributed by atoms with E-state index in [1.165, 1.54) is 6.07 Å². The van der Waals surface area contributed by atoms with Gasteiger partial charge in [-0.3, -0.25) is 0 Å². The monoisotopic (exact) mass is 575 g/mol. The van der Waals surface area contributed by atoms with Gasteiger partial charge in [0.15, 0.2) is 0 Å². The van der Waals surface area contributed by atoms with Crippen LogP contribution in [0.4, 0.5) is 4.39 Å². The molecule has 0 aliphatic carbocycles. The SMILES string of the molecule is N[C@@]1(c2cc(Br)ccc2F)CO[C@H](COCC(c2ccccc2)(c2ccccc2)c2ccccc2)[C@H]1CO. The molecule has 0 radical (unpaired) electrons. The summed E-state index contributed by atoms with van der Waals surface area (Å²) in [7, 11) is 0. The summed E-state index contributed by atoms with van der Waals surface area (Å²) in [5.41, 5.74) is 8.61. The number of hydrogen-bond donors (Lipinski definition) is 2. The summed E-state index contributed by atoms with van der Waals surface area (Å²) in [6.45, 7) is 0.373. The van der Waals surface area contributed by atoms with Gasteiger partial charge in [-0.15, -0.1) is 0 Å². The molecule has 0 bridgehead atoms. The zero-order valence-corrected chi connectivity index (χ0v) is 22.6. The van der Waals surface area contributed by atoms with Crippen molar-refractivity contribution in [2.75, 3.05) is 26.4 Å². The molecule has 0 aromatic heterocycles. The average molecular weight is 577 g/mol. The number of aliphatic hydroxyl groups excluding tert-OH is 1. The molecule has 4 nitrogen and oxygen atoms in total. The third-order valence-electron chi connectivity index (χ3n) is 7.67. The topological polar surface area (TPSA) is 64.7 Å². The van der Waals surface area contributed by atoms with Crippen LogP contribution < -0.4 is 5.73 Å². The Bertz CT molecular complexity index is 1240. The molecule has 3 atom stereocenters. The summed E-state index contributed by atoms with van der Waals surface area (Å²) in [6, 6.07) is 35.6. The zero-order chi connectivity index (χ0) is 26.6. The van der Waals surface area contributed by atoms with Crippen molar-refractivity contribution in [3.05, 3.63) is 142 Å². The Morgan fingerprint density at radius 2 is 1.42 bits per heavy atom. The summed E-state index contributed by atoms with van der Waals surface area (Å²) in [5, 5.41) is 10.3. The van der Waals surface area contributed by atoms with Crippen LogP contribution in [-0.2, 0) is 20.4 Å². The lowest BCUT2D eigenvalue weighted by molar-refractivity contribution is -0.0144. The van der Waals surface area contributed by atoms with Gasteiger partial charge in [0.2, 0.25) is 0 Å². The van der Waals surface area contributed by atoms with Crippen LogP contribution in [0, 0.1) is 11.7 Å². The fourth-order valence-electron chi connectivity index (χ4n) is 5.62. The number of ether oxygens (including phenoxy) is 2. The molecule has 4 aromatic rings. The van der Waals surface area contributed by atoms with Gasteiger partial charge in [0, 0.05) is 16.0 Å². The standard InChI is InChI=1S/C32H31BrFNO3/c33-26-16-17-29(34)27(18-26)32(35)22-38-30(28(32)19-36)20-37-21-31(23-10-4-1-5-11-23,24-12-6-2-7-13-24)25-14-8-3-9-15-25/h1-18,28,30,36H,19-22,35H2/t28-,30-,32-/m1/s1. The molecule has 1 aliphatic rings. The quantitative estimate of drug-likeness (QED) is 0.247. The fraction of sp³-hybridized carbons (Fsp3) is 0.250. The van der Waals surface area contributed by atoms with E-state index >= 15 is 0 Å². The van der Waals surface area contributed by atoms with Crippen LogP contribution in [0.5, 0.6) is 0 Å². The largest absolute Gasteiger partial charge is 0.396 e. The van der Waals surface area contributed by atoms with Crippen molar-refractivity contribution in [1.29, 1.82) is 0 Å². The molecule has 0 spiro atoms. The van der Waals surface area contributed by atoms with Crippen LogP contribution in [0.25, 0.3) is 0 Å².